The number of carbonyl (C=O) groups excluding carboxylic acids is 1. The minimum absolute atomic E-state index is 0.0436. The molecular formula is C23H16Cl3F3N4O2. The van der Waals surface area contributed by atoms with Crippen molar-refractivity contribution in [3.8, 4) is 0 Å². The maximum absolute atomic E-state index is 14.2. The Morgan fingerprint density at radius 1 is 1.06 bits per heavy atom. The summed E-state index contributed by atoms with van der Waals surface area (Å²) < 4.78 is 42.7. The van der Waals surface area contributed by atoms with Gasteiger partial charge in [-0.3, -0.25) is 4.79 Å². The lowest BCUT2D eigenvalue weighted by atomic mass is 9.86. The van der Waals surface area contributed by atoms with Crippen LogP contribution in [0.15, 0.2) is 53.9 Å². The summed E-state index contributed by atoms with van der Waals surface area (Å²) >= 11 is 17.6. The Labute approximate surface area is 213 Å². The molecule has 2 heterocycles. The molecule has 3 aromatic rings. The molecule has 0 spiro atoms. The number of alkyl halides is 3. The van der Waals surface area contributed by atoms with E-state index in [0.717, 1.165) is 12.1 Å². The van der Waals surface area contributed by atoms with Crippen molar-refractivity contribution < 1.29 is 22.8 Å². The normalized spacial score (nSPS) is 17.7. The van der Waals surface area contributed by atoms with Gasteiger partial charge in [0.15, 0.2) is 0 Å². The summed E-state index contributed by atoms with van der Waals surface area (Å²) in [6.45, 7) is 1.67. The molecule has 0 bridgehead atoms. The summed E-state index contributed by atoms with van der Waals surface area (Å²) in [5.74, 6) is -0.359. The summed E-state index contributed by atoms with van der Waals surface area (Å²) in [5, 5.41) is 3.89. The highest BCUT2D eigenvalue weighted by Crippen LogP contribution is 2.49. The van der Waals surface area contributed by atoms with Crippen molar-refractivity contribution in [1.82, 2.24) is 9.97 Å². The zero-order chi connectivity index (χ0) is 25.5. The van der Waals surface area contributed by atoms with E-state index < -0.39 is 18.2 Å². The molecule has 12 heteroatoms. The smallest absolute Gasteiger partial charge is 0.374 e. The molecule has 1 aliphatic rings. The van der Waals surface area contributed by atoms with Crippen molar-refractivity contribution in [2.75, 3.05) is 11.9 Å². The lowest BCUT2D eigenvalue weighted by molar-refractivity contribution is -0.275. The second-order valence-corrected chi connectivity index (χ2v) is 9.10. The van der Waals surface area contributed by atoms with E-state index in [0.29, 0.717) is 22.4 Å². The lowest BCUT2D eigenvalue weighted by Gasteiger charge is -2.29. The van der Waals surface area contributed by atoms with Crippen LogP contribution in [0.2, 0.25) is 15.3 Å². The van der Waals surface area contributed by atoms with E-state index in [1.165, 1.54) is 35.5 Å². The van der Waals surface area contributed by atoms with Gasteiger partial charge in [-0.25, -0.2) is 9.97 Å². The number of aromatic nitrogens is 2. The first kappa shape index (κ1) is 25.2. The molecule has 2 aromatic carbocycles. The maximum Gasteiger partial charge on any atom is 0.435 e. The van der Waals surface area contributed by atoms with E-state index in [4.69, 9.17) is 39.6 Å². The van der Waals surface area contributed by atoms with E-state index >= 15 is 0 Å². The topological polar surface area (TPSA) is 67.7 Å². The molecule has 182 valence electrons. The van der Waals surface area contributed by atoms with Gasteiger partial charge in [0.05, 0.1) is 23.8 Å². The van der Waals surface area contributed by atoms with Gasteiger partial charge < -0.3 is 9.74 Å². The average molecular weight is 544 g/mol. The van der Waals surface area contributed by atoms with Gasteiger partial charge in [-0.15, -0.1) is 0 Å². The Balaban J connectivity index is 1.62. The molecule has 0 radical (unpaired) electrons. The van der Waals surface area contributed by atoms with Crippen LogP contribution < -0.4 is 4.90 Å². The van der Waals surface area contributed by atoms with Crippen molar-refractivity contribution in [2.45, 2.75) is 25.1 Å². The molecule has 35 heavy (non-hydrogen) atoms. The number of rotatable bonds is 4. The third kappa shape index (κ3) is 4.80. The van der Waals surface area contributed by atoms with Gasteiger partial charge in [0.25, 0.3) is 11.5 Å². The molecule has 1 aromatic heterocycles. The van der Waals surface area contributed by atoms with Crippen molar-refractivity contribution in [1.29, 1.82) is 0 Å². The van der Waals surface area contributed by atoms with Crippen LogP contribution in [0.5, 0.6) is 0 Å². The number of anilines is 1. The number of oxime groups is 1. The third-order valence-corrected chi connectivity index (χ3v) is 6.24. The molecule has 4 rings (SSSR count). The highest BCUT2D eigenvalue weighted by molar-refractivity contribution is 6.34. The SMILES string of the molecule is Cc1cc(C2=NOC(c3cc(Cl)cc(Cl)c3)(C(F)(F)F)C2)ccc1C(=O)N(C)c1cnc(Cl)nc1. The predicted molar refractivity (Wildman–Crippen MR) is 127 cm³/mol. The fraction of sp³-hybridized carbons (Fsp3) is 0.217. The number of benzene rings is 2. The van der Waals surface area contributed by atoms with Crippen molar-refractivity contribution >= 4 is 52.1 Å². The quantitative estimate of drug-likeness (QED) is 0.348. The van der Waals surface area contributed by atoms with Gasteiger partial charge in [-0.1, -0.05) is 34.4 Å². The number of hydrogen-bond acceptors (Lipinski definition) is 5. The number of aryl methyl sites for hydroxylation is 1. The highest BCUT2D eigenvalue weighted by atomic mass is 35.5. The van der Waals surface area contributed by atoms with Crippen LogP contribution in [0, 0.1) is 6.92 Å². The Hall–Kier alpha value is -2.88. The lowest BCUT2D eigenvalue weighted by Crippen LogP contribution is -2.42. The van der Waals surface area contributed by atoms with E-state index in [1.54, 1.807) is 20.0 Å². The number of halogens is 6. The van der Waals surface area contributed by atoms with E-state index in [9.17, 15) is 18.0 Å². The van der Waals surface area contributed by atoms with Gasteiger partial charge in [0.2, 0.25) is 5.28 Å². The summed E-state index contributed by atoms with van der Waals surface area (Å²) in [5.41, 5.74) is -1.24. The Kier molecular flexibility index (Phi) is 6.70. The number of carbonyl (C=O) groups is 1. The van der Waals surface area contributed by atoms with Crippen molar-refractivity contribution in [3.05, 3.63) is 86.4 Å². The minimum Gasteiger partial charge on any atom is -0.374 e. The van der Waals surface area contributed by atoms with Crippen LogP contribution in [0.4, 0.5) is 18.9 Å². The largest absolute Gasteiger partial charge is 0.435 e. The van der Waals surface area contributed by atoms with Gasteiger partial charge in [0, 0.05) is 34.6 Å². The maximum atomic E-state index is 14.2. The molecule has 1 atom stereocenters. The fourth-order valence-corrected chi connectivity index (χ4v) is 4.33. The van der Waals surface area contributed by atoms with Crippen LogP contribution in [0.1, 0.15) is 33.5 Å². The average Bonchev–Trinajstić information content (AvgIpc) is 3.25. The van der Waals surface area contributed by atoms with E-state index in [1.807, 2.05) is 0 Å². The first-order chi connectivity index (χ1) is 16.4. The molecule has 6 nitrogen and oxygen atoms in total. The summed E-state index contributed by atoms with van der Waals surface area (Å²) in [6.07, 6.45) is -2.59. The first-order valence-corrected chi connectivity index (χ1v) is 11.2. The third-order valence-electron chi connectivity index (χ3n) is 5.60. The zero-order valence-electron chi connectivity index (χ0n) is 18.2. The highest BCUT2D eigenvalue weighted by Gasteiger charge is 2.62. The number of amides is 1. The van der Waals surface area contributed by atoms with Gasteiger partial charge in [0.1, 0.15) is 0 Å². The van der Waals surface area contributed by atoms with Crippen LogP contribution in [0.3, 0.4) is 0 Å². The van der Waals surface area contributed by atoms with E-state index in [2.05, 4.69) is 15.1 Å². The minimum atomic E-state index is -4.80. The molecule has 1 aliphatic heterocycles. The Bertz CT molecular complexity index is 1310. The second kappa shape index (κ2) is 9.29. The molecular weight excluding hydrogens is 528 g/mol. The van der Waals surface area contributed by atoms with Gasteiger partial charge in [-0.05, 0) is 60.0 Å². The Morgan fingerprint density at radius 3 is 2.26 bits per heavy atom. The van der Waals surface area contributed by atoms with Crippen LogP contribution in [-0.4, -0.2) is 34.8 Å². The molecule has 0 N–H and O–H groups in total. The number of nitrogens with zero attached hydrogens (tertiary/aromatic N) is 4. The Morgan fingerprint density at radius 2 is 1.69 bits per heavy atom. The van der Waals surface area contributed by atoms with Gasteiger partial charge >= 0.3 is 6.18 Å². The molecule has 0 saturated heterocycles. The number of hydrogen-bond donors (Lipinski definition) is 0. The zero-order valence-corrected chi connectivity index (χ0v) is 20.5. The molecule has 0 saturated carbocycles. The van der Waals surface area contributed by atoms with Crippen molar-refractivity contribution in [3.63, 3.8) is 0 Å². The molecule has 0 aliphatic carbocycles. The van der Waals surface area contributed by atoms with E-state index in [-0.39, 0.29) is 32.5 Å². The monoisotopic (exact) mass is 542 g/mol. The standard InChI is InChI=1S/C23H16Cl3F3N4O2/c1-12-5-13(3-4-18(12)20(34)33(2)17-10-30-21(26)31-11-17)19-9-22(35-32-19,23(27,28)29)14-6-15(24)8-16(25)7-14/h3-8,10-11H,9H2,1-2H3. The molecule has 1 unspecified atom stereocenters. The summed E-state index contributed by atoms with van der Waals surface area (Å²) in [4.78, 5) is 27.1. The van der Waals surface area contributed by atoms with Crippen LogP contribution >= 0.6 is 34.8 Å². The van der Waals surface area contributed by atoms with Crippen LogP contribution in [0.25, 0.3) is 0 Å². The predicted octanol–water partition coefficient (Wildman–Crippen LogP) is 6.60. The molecule has 1 amide bonds. The fourth-order valence-electron chi connectivity index (χ4n) is 3.71. The first-order valence-electron chi connectivity index (χ1n) is 10.1. The molecule has 0 fully saturated rings. The summed E-state index contributed by atoms with van der Waals surface area (Å²) in [7, 11) is 1.55. The summed E-state index contributed by atoms with van der Waals surface area (Å²) in [6, 6.07) is 8.27. The van der Waals surface area contributed by atoms with Crippen molar-refractivity contribution in [2.24, 2.45) is 5.16 Å². The van der Waals surface area contributed by atoms with Gasteiger partial charge in [-0.2, -0.15) is 13.2 Å². The second-order valence-electron chi connectivity index (χ2n) is 7.89. The van der Waals surface area contributed by atoms with Crippen LogP contribution in [-0.2, 0) is 10.4 Å².